The van der Waals surface area contributed by atoms with Crippen molar-refractivity contribution in [3.05, 3.63) is 65.2 Å². The van der Waals surface area contributed by atoms with Crippen LogP contribution in [0.3, 0.4) is 0 Å². The molecule has 0 aliphatic carbocycles. The van der Waals surface area contributed by atoms with Crippen LogP contribution in [0.1, 0.15) is 35.0 Å². The Kier molecular flexibility index (Phi) is 8.83. The highest BCUT2D eigenvalue weighted by molar-refractivity contribution is 5.55. The van der Waals surface area contributed by atoms with E-state index < -0.39 is 18.8 Å². The van der Waals surface area contributed by atoms with E-state index in [-0.39, 0.29) is 47.0 Å². The van der Waals surface area contributed by atoms with Crippen LogP contribution in [0, 0.1) is 11.8 Å². The maximum absolute atomic E-state index is 11.0. The number of aliphatic hydroxyl groups excluding tert-OH is 2. The Morgan fingerprint density at radius 3 is 1.83 bits per heavy atom. The summed E-state index contributed by atoms with van der Waals surface area (Å²) in [4.78, 5) is 0. The van der Waals surface area contributed by atoms with E-state index in [1.165, 1.54) is 46.6 Å². The third kappa shape index (κ3) is 5.48. The molecular weight excluding hydrogens is 548 g/mol. The predicted molar refractivity (Wildman–Crippen MR) is 150 cm³/mol. The van der Waals surface area contributed by atoms with Gasteiger partial charge in [0.25, 0.3) is 0 Å². The van der Waals surface area contributed by atoms with Gasteiger partial charge in [-0.1, -0.05) is 12.1 Å². The standard InChI is InChI=1S/C31H36O11/c1-36-23-9-16(5-7-21(23)33)28(35)27(13-32)41-31-25(38-3)11-18(12-26(31)39-4)30-20-15-40-14-19(20)29(42-30)17-6-8-22(34)24(10-17)37-2/h5-12,19-20,27-30,32-35H,13-15H2,1-4H3/t19-,20+,27+,28-,29+,30-/m0/s1. The van der Waals surface area contributed by atoms with Gasteiger partial charge >= 0.3 is 0 Å². The molecule has 2 aliphatic rings. The van der Waals surface area contributed by atoms with E-state index >= 15 is 0 Å². The van der Waals surface area contributed by atoms with Crippen molar-refractivity contribution < 1.29 is 53.6 Å². The van der Waals surface area contributed by atoms with Gasteiger partial charge in [0.2, 0.25) is 5.75 Å². The topological polar surface area (TPSA) is 146 Å². The van der Waals surface area contributed by atoms with E-state index in [2.05, 4.69) is 0 Å². The van der Waals surface area contributed by atoms with Crippen LogP contribution >= 0.6 is 0 Å². The number of rotatable bonds is 11. The normalized spacial score (nSPS) is 22.7. The molecular formula is C31H36O11. The number of hydrogen-bond acceptors (Lipinski definition) is 11. The second-order valence-corrected chi connectivity index (χ2v) is 10.2. The quantitative estimate of drug-likeness (QED) is 0.262. The molecule has 6 atom stereocenters. The number of methoxy groups -OCH3 is 4. The van der Waals surface area contributed by atoms with Gasteiger partial charge in [-0.25, -0.2) is 0 Å². The van der Waals surface area contributed by atoms with Crippen molar-refractivity contribution in [2.75, 3.05) is 48.3 Å². The van der Waals surface area contributed by atoms with Crippen LogP contribution in [0.4, 0.5) is 0 Å². The maximum atomic E-state index is 11.0. The maximum Gasteiger partial charge on any atom is 0.204 e. The van der Waals surface area contributed by atoms with Crippen molar-refractivity contribution in [2.24, 2.45) is 11.8 Å². The SMILES string of the molecule is COc1cc([C@H]2O[C@@H](c3cc(OC)c(O[C@H](CO)[C@@H](O)c4ccc(O)c(OC)c4)c(OC)c3)[C@@H]3COC[C@@H]32)ccc1O. The van der Waals surface area contributed by atoms with Gasteiger partial charge in [0.05, 0.1) is 60.5 Å². The Balaban J connectivity index is 1.44. The Bertz CT molecular complexity index is 1370. The molecule has 0 aromatic heterocycles. The molecule has 2 heterocycles. The molecule has 3 aromatic rings. The molecule has 5 rings (SSSR count). The largest absolute Gasteiger partial charge is 0.504 e. The van der Waals surface area contributed by atoms with Crippen LogP contribution in [0.25, 0.3) is 0 Å². The lowest BCUT2D eigenvalue weighted by Crippen LogP contribution is -2.29. The van der Waals surface area contributed by atoms with Crippen molar-refractivity contribution in [3.63, 3.8) is 0 Å². The van der Waals surface area contributed by atoms with Crippen LogP contribution in [0.15, 0.2) is 48.5 Å². The fraction of sp³-hybridized carbons (Fsp3) is 0.419. The van der Waals surface area contributed by atoms with Gasteiger partial charge in [0.1, 0.15) is 6.10 Å². The van der Waals surface area contributed by atoms with Gasteiger partial charge in [-0.05, 0) is 53.1 Å². The molecule has 2 saturated heterocycles. The van der Waals surface area contributed by atoms with Crippen LogP contribution < -0.4 is 23.7 Å². The third-order valence-corrected chi connectivity index (χ3v) is 7.93. The minimum Gasteiger partial charge on any atom is -0.504 e. The average molecular weight is 585 g/mol. The first-order valence-electron chi connectivity index (χ1n) is 13.5. The average Bonchev–Trinajstić information content (AvgIpc) is 3.63. The lowest BCUT2D eigenvalue weighted by molar-refractivity contribution is -0.00505. The number of hydrogen-bond donors (Lipinski definition) is 4. The molecule has 11 heteroatoms. The molecule has 3 aromatic carbocycles. The molecule has 0 amide bonds. The zero-order valence-electron chi connectivity index (χ0n) is 23.9. The minimum atomic E-state index is -1.27. The van der Waals surface area contributed by atoms with Crippen LogP contribution in [-0.4, -0.2) is 74.8 Å². The Hall–Kier alpha value is -3.90. The molecule has 11 nitrogen and oxygen atoms in total. The van der Waals surface area contributed by atoms with Crippen LogP contribution in [0.2, 0.25) is 0 Å². The fourth-order valence-corrected chi connectivity index (χ4v) is 5.72. The summed E-state index contributed by atoms with van der Waals surface area (Å²) < 4.78 is 40.4. The van der Waals surface area contributed by atoms with Crippen molar-refractivity contribution in [1.29, 1.82) is 0 Å². The first-order chi connectivity index (χ1) is 20.3. The third-order valence-electron chi connectivity index (χ3n) is 7.93. The summed E-state index contributed by atoms with van der Waals surface area (Å²) in [5.41, 5.74) is 2.04. The van der Waals surface area contributed by atoms with E-state index in [1.54, 1.807) is 24.3 Å². The smallest absolute Gasteiger partial charge is 0.204 e. The Labute approximate surface area is 243 Å². The number of ether oxygens (including phenoxy) is 7. The van der Waals surface area contributed by atoms with Gasteiger partial charge in [-0.15, -0.1) is 0 Å². The lowest BCUT2D eigenvalue weighted by Gasteiger charge is -2.26. The Morgan fingerprint density at radius 2 is 1.26 bits per heavy atom. The van der Waals surface area contributed by atoms with E-state index in [4.69, 9.17) is 33.2 Å². The molecule has 0 spiro atoms. The van der Waals surface area contributed by atoms with E-state index in [0.29, 0.717) is 36.0 Å². The van der Waals surface area contributed by atoms with Gasteiger partial charge < -0.3 is 53.6 Å². The minimum absolute atomic E-state index is 0.0486. The zero-order chi connectivity index (χ0) is 30.0. The van der Waals surface area contributed by atoms with Crippen LogP contribution in [-0.2, 0) is 9.47 Å². The summed E-state index contributed by atoms with van der Waals surface area (Å²) in [5, 5.41) is 41.2. The number of aliphatic hydroxyl groups is 2. The van der Waals surface area contributed by atoms with Crippen molar-refractivity contribution in [2.45, 2.75) is 24.4 Å². The number of phenols is 2. The highest BCUT2D eigenvalue weighted by atomic mass is 16.6. The van der Waals surface area contributed by atoms with Crippen molar-refractivity contribution in [3.8, 4) is 40.2 Å². The molecule has 0 radical (unpaired) electrons. The van der Waals surface area contributed by atoms with E-state index in [1.807, 2.05) is 6.07 Å². The molecule has 226 valence electrons. The second-order valence-electron chi connectivity index (χ2n) is 10.2. The molecule has 2 aliphatic heterocycles. The molecule has 42 heavy (non-hydrogen) atoms. The molecule has 0 unspecified atom stereocenters. The predicted octanol–water partition coefficient (Wildman–Crippen LogP) is 3.68. The monoisotopic (exact) mass is 584 g/mol. The zero-order valence-corrected chi connectivity index (χ0v) is 23.9. The fourth-order valence-electron chi connectivity index (χ4n) is 5.72. The van der Waals surface area contributed by atoms with Gasteiger partial charge in [0.15, 0.2) is 40.6 Å². The Morgan fingerprint density at radius 1 is 0.738 bits per heavy atom. The van der Waals surface area contributed by atoms with Crippen molar-refractivity contribution in [1.82, 2.24) is 0 Å². The van der Waals surface area contributed by atoms with E-state index in [0.717, 1.165) is 11.1 Å². The molecule has 0 saturated carbocycles. The summed E-state index contributed by atoms with van der Waals surface area (Å²) in [6, 6.07) is 13.2. The number of phenolic OH excluding ortho intramolecular Hbond substituents is 2. The van der Waals surface area contributed by atoms with Crippen LogP contribution in [0.5, 0.6) is 40.2 Å². The summed E-state index contributed by atoms with van der Waals surface area (Å²) in [5.74, 6) is 1.49. The number of aromatic hydroxyl groups is 2. The van der Waals surface area contributed by atoms with Crippen molar-refractivity contribution >= 4 is 0 Å². The highest BCUT2D eigenvalue weighted by Gasteiger charge is 2.49. The number of benzene rings is 3. The second kappa shape index (κ2) is 12.5. The van der Waals surface area contributed by atoms with Gasteiger partial charge in [-0.3, -0.25) is 0 Å². The summed E-state index contributed by atoms with van der Waals surface area (Å²) in [7, 11) is 5.88. The highest BCUT2D eigenvalue weighted by Crippen LogP contribution is 2.54. The van der Waals surface area contributed by atoms with Gasteiger partial charge in [-0.2, -0.15) is 0 Å². The first kappa shape index (κ1) is 29.6. The summed E-state index contributed by atoms with van der Waals surface area (Å²) >= 11 is 0. The lowest BCUT2D eigenvalue weighted by atomic mass is 9.85. The number of fused-ring (bicyclic) bond motifs is 1. The van der Waals surface area contributed by atoms with Gasteiger partial charge in [0, 0.05) is 11.8 Å². The summed E-state index contributed by atoms with van der Waals surface area (Å²) in [6.45, 7) is 0.518. The summed E-state index contributed by atoms with van der Waals surface area (Å²) in [6.07, 6.45) is -3.02. The molecule has 4 N–H and O–H groups in total. The molecule has 2 fully saturated rings. The molecule has 0 bridgehead atoms. The van der Waals surface area contributed by atoms with E-state index in [9.17, 15) is 20.4 Å². The first-order valence-corrected chi connectivity index (χ1v) is 13.5.